The highest BCUT2D eigenvalue weighted by atomic mass is 32.2. The highest BCUT2D eigenvalue weighted by Gasteiger charge is 2.32. The summed E-state index contributed by atoms with van der Waals surface area (Å²) in [4.78, 5) is 10.9. The maximum absolute atomic E-state index is 12.5. The zero-order valence-corrected chi connectivity index (χ0v) is 12.5. The number of hydrogen-bond acceptors (Lipinski definition) is 3. The topological polar surface area (TPSA) is 74.7 Å². The first-order valence-corrected chi connectivity index (χ1v) is 8.00. The Bertz CT molecular complexity index is 595. The number of nitrogens with zero attached hydrogens (tertiary/aromatic N) is 1. The smallest absolute Gasteiger partial charge is 0.335 e. The first kappa shape index (κ1) is 15.0. The number of carboxylic acid groups (broad SMARTS) is 1. The van der Waals surface area contributed by atoms with Crippen LogP contribution in [0.25, 0.3) is 0 Å². The Morgan fingerprint density at radius 1 is 1.15 bits per heavy atom. The number of sulfonamides is 1. The first-order valence-electron chi connectivity index (χ1n) is 6.56. The van der Waals surface area contributed by atoms with Crippen molar-refractivity contribution < 1.29 is 18.3 Å². The number of carboxylic acids is 1. The number of piperidine rings is 1. The Morgan fingerprint density at radius 2 is 1.65 bits per heavy atom. The minimum absolute atomic E-state index is 0.0868. The molecular weight excluding hydrogens is 278 g/mol. The van der Waals surface area contributed by atoms with Crippen LogP contribution in [0.1, 0.15) is 37.0 Å². The summed E-state index contributed by atoms with van der Waals surface area (Å²) in [6, 6.07) is 5.36. The molecule has 0 aromatic heterocycles. The summed E-state index contributed by atoms with van der Waals surface area (Å²) < 4.78 is 26.4. The molecule has 110 valence electrons. The summed E-state index contributed by atoms with van der Waals surface area (Å²) in [5, 5.41) is 8.82. The fourth-order valence-corrected chi connectivity index (χ4v) is 3.69. The van der Waals surface area contributed by atoms with Crippen molar-refractivity contribution in [2.24, 2.45) is 5.41 Å². The predicted molar refractivity (Wildman–Crippen MR) is 75.2 cm³/mol. The molecule has 1 aromatic rings. The summed E-state index contributed by atoms with van der Waals surface area (Å²) in [5.41, 5.74) is 0.267. The number of rotatable bonds is 3. The van der Waals surface area contributed by atoms with Crippen LogP contribution in [0.4, 0.5) is 0 Å². The number of aromatic carboxylic acids is 1. The van der Waals surface area contributed by atoms with Crippen molar-refractivity contribution >= 4 is 16.0 Å². The number of carbonyl (C=O) groups is 1. The van der Waals surface area contributed by atoms with E-state index < -0.39 is 16.0 Å². The average Bonchev–Trinajstić information content (AvgIpc) is 2.38. The molecule has 1 aliphatic rings. The third-order valence-corrected chi connectivity index (χ3v) is 5.73. The number of hydrogen-bond donors (Lipinski definition) is 1. The fraction of sp³-hybridized carbons (Fsp3) is 0.500. The Kier molecular flexibility index (Phi) is 3.88. The molecule has 0 unspecified atom stereocenters. The Balaban J connectivity index is 2.20. The molecular formula is C14H19NO4S. The highest BCUT2D eigenvalue weighted by Crippen LogP contribution is 2.32. The fourth-order valence-electron chi connectivity index (χ4n) is 2.25. The van der Waals surface area contributed by atoms with Gasteiger partial charge in [-0.1, -0.05) is 13.8 Å². The van der Waals surface area contributed by atoms with Crippen LogP contribution in [0, 0.1) is 5.41 Å². The normalized spacial score (nSPS) is 19.7. The standard InChI is InChI=1S/C14H19NO4S/c1-14(2)7-9-15(10-8-14)20(18,19)12-5-3-11(4-6-12)13(16)17/h3-6H,7-10H2,1-2H3,(H,16,17). The van der Waals surface area contributed by atoms with Gasteiger partial charge in [0.2, 0.25) is 10.0 Å². The lowest BCUT2D eigenvalue weighted by atomic mass is 9.83. The van der Waals surface area contributed by atoms with Crippen molar-refractivity contribution in [2.75, 3.05) is 13.1 Å². The predicted octanol–water partition coefficient (Wildman–Crippen LogP) is 2.20. The molecule has 20 heavy (non-hydrogen) atoms. The van der Waals surface area contributed by atoms with Gasteiger partial charge < -0.3 is 5.11 Å². The third-order valence-electron chi connectivity index (χ3n) is 3.82. The molecule has 1 heterocycles. The lowest BCUT2D eigenvalue weighted by Crippen LogP contribution is -2.41. The zero-order chi connectivity index (χ0) is 15.0. The van der Waals surface area contributed by atoms with E-state index >= 15 is 0 Å². The van der Waals surface area contributed by atoms with E-state index in [1.165, 1.54) is 28.6 Å². The summed E-state index contributed by atoms with van der Waals surface area (Å²) in [7, 11) is -3.51. The van der Waals surface area contributed by atoms with Gasteiger partial charge in [-0.05, 0) is 42.5 Å². The van der Waals surface area contributed by atoms with Gasteiger partial charge in [0.15, 0.2) is 0 Å². The minimum Gasteiger partial charge on any atom is -0.478 e. The van der Waals surface area contributed by atoms with Gasteiger partial charge in [-0.25, -0.2) is 13.2 Å². The van der Waals surface area contributed by atoms with Crippen molar-refractivity contribution in [1.29, 1.82) is 0 Å². The summed E-state index contributed by atoms with van der Waals surface area (Å²) >= 11 is 0. The monoisotopic (exact) mass is 297 g/mol. The van der Waals surface area contributed by atoms with Crippen LogP contribution < -0.4 is 0 Å². The Labute approximate surface area is 119 Å². The number of benzene rings is 1. The molecule has 0 atom stereocenters. The molecule has 0 bridgehead atoms. The van der Waals surface area contributed by atoms with Gasteiger partial charge in [-0.3, -0.25) is 0 Å². The van der Waals surface area contributed by atoms with Crippen molar-refractivity contribution in [1.82, 2.24) is 4.31 Å². The van der Waals surface area contributed by atoms with Gasteiger partial charge in [-0.2, -0.15) is 4.31 Å². The van der Waals surface area contributed by atoms with Crippen LogP contribution in [-0.2, 0) is 10.0 Å². The van der Waals surface area contributed by atoms with Crippen LogP contribution >= 0.6 is 0 Å². The van der Waals surface area contributed by atoms with Crippen LogP contribution in [0.5, 0.6) is 0 Å². The Morgan fingerprint density at radius 3 is 2.10 bits per heavy atom. The van der Waals surface area contributed by atoms with Crippen molar-refractivity contribution in [3.63, 3.8) is 0 Å². The molecule has 0 saturated carbocycles. The van der Waals surface area contributed by atoms with E-state index in [-0.39, 0.29) is 15.9 Å². The van der Waals surface area contributed by atoms with Crippen LogP contribution in [0.3, 0.4) is 0 Å². The molecule has 1 aromatic carbocycles. The maximum atomic E-state index is 12.5. The molecule has 0 spiro atoms. The molecule has 0 amide bonds. The van der Waals surface area contributed by atoms with Crippen LogP contribution in [0.15, 0.2) is 29.2 Å². The molecule has 2 rings (SSSR count). The quantitative estimate of drug-likeness (QED) is 0.928. The van der Waals surface area contributed by atoms with E-state index in [9.17, 15) is 13.2 Å². The minimum atomic E-state index is -3.51. The van der Waals surface area contributed by atoms with E-state index in [0.717, 1.165) is 12.8 Å². The molecule has 1 aliphatic heterocycles. The van der Waals surface area contributed by atoms with Gasteiger partial charge >= 0.3 is 5.97 Å². The summed E-state index contributed by atoms with van der Waals surface area (Å²) in [6.07, 6.45) is 1.67. The van der Waals surface area contributed by atoms with Gasteiger partial charge in [-0.15, -0.1) is 0 Å². The van der Waals surface area contributed by atoms with Gasteiger partial charge in [0.1, 0.15) is 0 Å². The molecule has 1 N–H and O–H groups in total. The van der Waals surface area contributed by atoms with E-state index in [0.29, 0.717) is 13.1 Å². The molecule has 0 radical (unpaired) electrons. The first-order chi connectivity index (χ1) is 9.22. The van der Waals surface area contributed by atoms with Crippen molar-refractivity contribution in [2.45, 2.75) is 31.6 Å². The lowest BCUT2D eigenvalue weighted by Gasteiger charge is -2.36. The molecule has 1 fully saturated rings. The van der Waals surface area contributed by atoms with E-state index in [1.54, 1.807) is 0 Å². The second-order valence-electron chi connectivity index (χ2n) is 5.90. The average molecular weight is 297 g/mol. The second-order valence-corrected chi connectivity index (χ2v) is 7.84. The van der Waals surface area contributed by atoms with E-state index in [2.05, 4.69) is 13.8 Å². The molecule has 6 heteroatoms. The van der Waals surface area contributed by atoms with Gasteiger partial charge in [0.05, 0.1) is 10.5 Å². The van der Waals surface area contributed by atoms with Gasteiger partial charge in [0.25, 0.3) is 0 Å². The molecule has 0 aliphatic carbocycles. The zero-order valence-electron chi connectivity index (χ0n) is 11.7. The van der Waals surface area contributed by atoms with Crippen molar-refractivity contribution in [3.05, 3.63) is 29.8 Å². The maximum Gasteiger partial charge on any atom is 0.335 e. The third kappa shape index (κ3) is 3.02. The highest BCUT2D eigenvalue weighted by molar-refractivity contribution is 7.89. The van der Waals surface area contributed by atoms with Crippen molar-refractivity contribution in [3.8, 4) is 0 Å². The van der Waals surface area contributed by atoms with Gasteiger partial charge in [0, 0.05) is 13.1 Å². The van der Waals surface area contributed by atoms with E-state index in [4.69, 9.17) is 5.11 Å². The lowest BCUT2D eigenvalue weighted by molar-refractivity contribution is 0.0696. The van der Waals surface area contributed by atoms with Crippen LogP contribution in [-0.4, -0.2) is 36.9 Å². The molecule has 5 nitrogen and oxygen atoms in total. The SMILES string of the molecule is CC1(C)CCN(S(=O)(=O)c2ccc(C(=O)O)cc2)CC1. The largest absolute Gasteiger partial charge is 0.478 e. The Hall–Kier alpha value is -1.40. The second kappa shape index (κ2) is 5.18. The summed E-state index contributed by atoms with van der Waals surface area (Å²) in [6.45, 7) is 5.29. The van der Waals surface area contributed by atoms with Crippen LogP contribution in [0.2, 0.25) is 0 Å². The molecule has 1 saturated heterocycles. The summed E-state index contributed by atoms with van der Waals surface area (Å²) in [5.74, 6) is -1.06. The van der Waals surface area contributed by atoms with E-state index in [1.807, 2.05) is 0 Å².